The van der Waals surface area contributed by atoms with Gasteiger partial charge in [-0.25, -0.2) is 0 Å². The van der Waals surface area contributed by atoms with Crippen LogP contribution < -0.4 is 0 Å². The third kappa shape index (κ3) is 4.16. The maximum Gasteiger partial charge on any atom is 0.220 e. The number of rotatable bonds is 6. The molecule has 1 heterocycles. The molecule has 6 heteroatoms. The van der Waals surface area contributed by atoms with Gasteiger partial charge in [0.15, 0.2) is 5.79 Å². The van der Waals surface area contributed by atoms with E-state index in [0.717, 1.165) is 17.2 Å². The summed E-state index contributed by atoms with van der Waals surface area (Å²) in [6.07, 6.45) is 9.19. The summed E-state index contributed by atoms with van der Waals surface area (Å²) in [5, 5.41) is 0.0152. The van der Waals surface area contributed by atoms with Crippen molar-refractivity contribution in [3.63, 3.8) is 0 Å². The van der Waals surface area contributed by atoms with Crippen LogP contribution in [0.1, 0.15) is 19.8 Å². The Balaban J connectivity index is 1.83. The lowest BCUT2D eigenvalue weighted by atomic mass is 10.1. The van der Waals surface area contributed by atoms with E-state index in [4.69, 9.17) is 21.7 Å². The van der Waals surface area contributed by atoms with E-state index < -0.39 is 5.79 Å². The lowest BCUT2D eigenvalue weighted by molar-refractivity contribution is -0.184. The lowest BCUT2D eigenvalue weighted by Gasteiger charge is -2.30. The average molecular weight is 327 g/mol. The highest BCUT2D eigenvalue weighted by Gasteiger charge is 2.31. The first kappa shape index (κ1) is 16.7. The van der Waals surface area contributed by atoms with Crippen molar-refractivity contribution < 1.29 is 14.3 Å². The van der Waals surface area contributed by atoms with Gasteiger partial charge in [-0.1, -0.05) is 30.4 Å². The molecule has 0 saturated carbocycles. The maximum atomic E-state index is 11.6. The Morgan fingerprint density at radius 3 is 2.95 bits per heavy atom. The molecule has 0 radical (unpaired) electrons. The summed E-state index contributed by atoms with van der Waals surface area (Å²) < 4.78 is 11.4. The van der Waals surface area contributed by atoms with Crippen LogP contribution in [0.2, 0.25) is 0 Å². The van der Waals surface area contributed by atoms with Crippen molar-refractivity contribution in [2.24, 2.45) is 0 Å². The minimum atomic E-state index is -0.673. The van der Waals surface area contributed by atoms with Gasteiger partial charge in [0, 0.05) is 44.0 Å². The standard InChI is InChI=1S/C15H21NO3S2/c1-12(17)16-9-11-21-14(16)13(20)6-10-19-15(18-2)7-4-3-5-8-15/h3-5,7,14H,6,8-11H2,1-2H3. The van der Waals surface area contributed by atoms with Crippen LogP contribution in [0, 0.1) is 0 Å². The highest BCUT2D eigenvalue weighted by atomic mass is 32.2. The molecule has 0 aromatic heterocycles. The molecule has 0 bridgehead atoms. The topological polar surface area (TPSA) is 38.8 Å². The van der Waals surface area contributed by atoms with Crippen LogP contribution >= 0.6 is 24.0 Å². The van der Waals surface area contributed by atoms with E-state index in [9.17, 15) is 4.79 Å². The van der Waals surface area contributed by atoms with Gasteiger partial charge in [-0.05, 0) is 6.08 Å². The molecular formula is C15H21NO3S2. The molecule has 0 aromatic rings. The third-order valence-electron chi connectivity index (χ3n) is 3.61. The number of thioether (sulfide) groups is 1. The molecule has 0 spiro atoms. The van der Waals surface area contributed by atoms with Crippen LogP contribution in [0.15, 0.2) is 24.3 Å². The Kier molecular flexibility index (Phi) is 5.98. The minimum absolute atomic E-state index is 0.0152. The smallest absolute Gasteiger partial charge is 0.220 e. The first-order valence-electron chi connectivity index (χ1n) is 7.03. The largest absolute Gasteiger partial charge is 0.349 e. The number of hydrogen-bond acceptors (Lipinski definition) is 5. The van der Waals surface area contributed by atoms with Gasteiger partial charge in [-0.2, -0.15) is 0 Å². The van der Waals surface area contributed by atoms with Gasteiger partial charge < -0.3 is 14.4 Å². The van der Waals surface area contributed by atoms with Gasteiger partial charge in [0.2, 0.25) is 5.91 Å². The van der Waals surface area contributed by atoms with Gasteiger partial charge in [-0.15, -0.1) is 11.8 Å². The molecule has 0 aromatic carbocycles. The zero-order valence-corrected chi connectivity index (χ0v) is 14.0. The van der Waals surface area contributed by atoms with E-state index in [1.165, 1.54) is 0 Å². The predicted octanol–water partition coefficient (Wildman–Crippen LogP) is 2.54. The molecule has 1 amide bonds. The number of methoxy groups -OCH3 is 1. The fraction of sp³-hybridized carbons (Fsp3) is 0.600. The van der Waals surface area contributed by atoms with Gasteiger partial charge in [0.1, 0.15) is 5.37 Å². The van der Waals surface area contributed by atoms with E-state index in [-0.39, 0.29) is 11.3 Å². The normalized spacial score (nSPS) is 28.1. The quantitative estimate of drug-likeness (QED) is 0.554. The van der Waals surface area contributed by atoms with E-state index >= 15 is 0 Å². The van der Waals surface area contributed by atoms with Crippen LogP contribution in [0.5, 0.6) is 0 Å². The SMILES string of the molecule is COC1(OCCC(=S)C2SCCN2C(C)=O)C=CC=CC1. The van der Waals surface area contributed by atoms with Crippen LogP contribution in [0.4, 0.5) is 0 Å². The number of carbonyl (C=O) groups is 1. The highest BCUT2D eigenvalue weighted by molar-refractivity contribution is 8.02. The number of carbonyl (C=O) groups excluding carboxylic acids is 1. The molecule has 1 saturated heterocycles. The Morgan fingerprint density at radius 2 is 2.33 bits per heavy atom. The summed E-state index contributed by atoms with van der Waals surface area (Å²) >= 11 is 7.21. The van der Waals surface area contributed by atoms with Crippen LogP contribution in [0.3, 0.4) is 0 Å². The summed E-state index contributed by atoms with van der Waals surface area (Å²) in [6.45, 7) is 2.87. The van der Waals surface area contributed by atoms with Crippen molar-refractivity contribution >= 4 is 34.8 Å². The van der Waals surface area contributed by atoms with E-state index in [1.807, 2.05) is 29.2 Å². The Bertz CT molecular complexity index is 464. The molecule has 4 nitrogen and oxygen atoms in total. The van der Waals surface area contributed by atoms with Crippen molar-refractivity contribution in [2.75, 3.05) is 26.0 Å². The Morgan fingerprint density at radius 1 is 1.52 bits per heavy atom. The second kappa shape index (κ2) is 7.54. The van der Waals surface area contributed by atoms with Crippen molar-refractivity contribution in [1.82, 2.24) is 4.90 Å². The highest BCUT2D eigenvalue weighted by Crippen LogP contribution is 2.27. The van der Waals surface area contributed by atoms with Gasteiger partial charge >= 0.3 is 0 Å². The van der Waals surface area contributed by atoms with Crippen LogP contribution in [0.25, 0.3) is 0 Å². The molecule has 2 atom stereocenters. The van der Waals surface area contributed by atoms with Crippen molar-refractivity contribution in [1.29, 1.82) is 0 Å². The molecule has 0 N–H and O–H groups in total. The summed E-state index contributed by atoms with van der Waals surface area (Å²) in [6, 6.07) is 0. The first-order valence-corrected chi connectivity index (χ1v) is 8.49. The number of thiocarbonyl (C=S) groups is 1. The fourth-order valence-electron chi connectivity index (χ4n) is 2.41. The van der Waals surface area contributed by atoms with Crippen LogP contribution in [-0.4, -0.2) is 52.8 Å². The Labute approximate surface area is 135 Å². The second-order valence-corrected chi connectivity index (χ2v) is 6.72. The number of hydrogen-bond donors (Lipinski definition) is 0. The van der Waals surface area contributed by atoms with Crippen molar-refractivity contribution in [3.8, 4) is 0 Å². The fourth-order valence-corrected chi connectivity index (χ4v) is 4.08. The monoisotopic (exact) mass is 327 g/mol. The summed E-state index contributed by atoms with van der Waals surface area (Å²) in [5.41, 5.74) is 0. The summed E-state index contributed by atoms with van der Waals surface area (Å²) in [5.74, 6) is 0.357. The second-order valence-electron chi connectivity index (χ2n) is 5.01. The van der Waals surface area contributed by atoms with Gasteiger partial charge in [0.25, 0.3) is 0 Å². The minimum Gasteiger partial charge on any atom is -0.349 e. The number of allylic oxidation sites excluding steroid dienone is 2. The molecule has 1 aliphatic heterocycles. The van der Waals surface area contributed by atoms with Crippen molar-refractivity contribution in [2.45, 2.75) is 30.9 Å². The van der Waals surface area contributed by atoms with Gasteiger partial charge in [-0.3, -0.25) is 4.79 Å². The molecule has 2 rings (SSSR count). The molecule has 116 valence electrons. The molecule has 1 fully saturated rings. The molecule has 2 unspecified atom stereocenters. The first-order chi connectivity index (χ1) is 10.1. The number of ether oxygens (including phenoxy) is 2. The average Bonchev–Trinajstić information content (AvgIpc) is 2.98. The Hall–Kier alpha value is -0.690. The molecule has 21 heavy (non-hydrogen) atoms. The summed E-state index contributed by atoms with van der Waals surface area (Å²) in [4.78, 5) is 14.3. The molecular weight excluding hydrogens is 306 g/mol. The van der Waals surface area contributed by atoms with E-state index in [0.29, 0.717) is 19.4 Å². The zero-order valence-electron chi connectivity index (χ0n) is 12.4. The lowest BCUT2D eigenvalue weighted by Crippen LogP contribution is -2.38. The maximum absolute atomic E-state index is 11.6. The predicted molar refractivity (Wildman–Crippen MR) is 89.4 cm³/mol. The van der Waals surface area contributed by atoms with Crippen molar-refractivity contribution in [3.05, 3.63) is 24.3 Å². The number of nitrogens with zero attached hydrogens (tertiary/aromatic N) is 1. The summed E-state index contributed by atoms with van der Waals surface area (Å²) in [7, 11) is 1.64. The van der Waals surface area contributed by atoms with Crippen LogP contribution in [-0.2, 0) is 14.3 Å². The zero-order chi connectivity index (χ0) is 15.3. The molecule has 2 aliphatic rings. The van der Waals surface area contributed by atoms with E-state index in [2.05, 4.69) is 0 Å². The number of amides is 1. The van der Waals surface area contributed by atoms with E-state index in [1.54, 1.807) is 25.8 Å². The van der Waals surface area contributed by atoms with Gasteiger partial charge in [0.05, 0.1) is 6.61 Å². The third-order valence-corrected chi connectivity index (χ3v) is 5.46. The molecule has 1 aliphatic carbocycles.